The summed E-state index contributed by atoms with van der Waals surface area (Å²) in [5.74, 6) is 1.49. The maximum atomic E-state index is 12.7. The van der Waals surface area contributed by atoms with E-state index < -0.39 is 0 Å². The lowest BCUT2D eigenvalue weighted by atomic mass is 9.97. The van der Waals surface area contributed by atoms with Crippen molar-refractivity contribution in [3.8, 4) is 0 Å². The maximum absolute atomic E-state index is 12.7. The van der Waals surface area contributed by atoms with Crippen LogP contribution in [0.3, 0.4) is 0 Å². The van der Waals surface area contributed by atoms with Gasteiger partial charge in [0.05, 0.1) is 16.9 Å². The van der Waals surface area contributed by atoms with Crippen molar-refractivity contribution in [3.63, 3.8) is 0 Å². The molecule has 2 heterocycles. The predicted molar refractivity (Wildman–Crippen MR) is 138 cm³/mol. The van der Waals surface area contributed by atoms with E-state index in [0.29, 0.717) is 23.9 Å². The van der Waals surface area contributed by atoms with E-state index in [1.54, 1.807) is 11.3 Å². The van der Waals surface area contributed by atoms with Crippen LogP contribution in [0.25, 0.3) is 10.2 Å². The molecule has 0 atom stereocenters. The van der Waals surface area contributed by atoms with E-state index in [1.807, 2.05) is 6.07 Å². The smallest absolute Gasteiger partial charge is 0.259 e. The molecular formula is C25H32N4O2S2. The van der Waals surface area contributed by atoms with Crippen molar-refractivity contribution in [1.29, 1.82) is 0 Å². The number of carbonyl (C=O) groups is 1. The van der Waals surface area contributed by atoms with Gasteiger partial charge in [0.1, 0.15) is 10.7 Å². The molecule has 0 saturated carbocycles. The third-order valence-corrected chi connectivity index (χ3v) is 8.36. The lowest BCUT2D eigenvalue weighted by molar-refractivity contribution is -0.118. The number of aromatic amines is 1. The van der Waals surface area contributed by atoms with Crippen LogP contribution in [0.2, 0.25) is 0 Å². The molecule has 0 spiro atoms. The van der Waals surface area contributed by atoms with Gasteiger partial charge in [0, 0.05) is 18.0 Å². The number of nitrogens with zero attached hydrogens (tertiary/aromatic N) is 2. The Kier molecular flexibility index (Phi) is 8.22. The average Bonchev–Trinajstić information content (AvgIpc) is 3.20. The number of H-pyrrole nitrogens is 1. The van der Waals surface area contributed by atoms with Gasteiger partial charge in [-0.3, -0.25) is 14.5 Å². The Labute approximate surface area is 203 Å². The molecule has 176 valence electrons. The van der Waals surface area contributed by atoms with Gasteiger partial charge in [0.25, 0.3) is 5.56 Å². The number of hydrogen-bond donors (Lipinski definition) is 2. The van der Waals surface area contributed by atoms with Crippen molar-refractivity contribution in [2.45, 2.75) is 58.4 Å². The van der Waals surface area contributed by atoms with Crippen molar-refractivity contribution >= 4 is 39.2 Å². The van der Waals surface area contributed by atoms with Crippen LogP contribution in [-0.2, 0) is 36.5 Å². The molecule has 1 amide bonds. The van der Waals surface area contributed by atoms with E-state index in [1.165, 1.54) is 34.2 Å². The first kappa shape index (κ1) is 24.0. The molecule has 0 unspecified atom stereocenters. The molecular weight excluding hydrogens is 452 g/mol. The van der Waals surface area contributed by atoms with E-state index in [0.717, 1.165) is 54.7 Å². The third-order valence-electron chi connectivity index (χ3n) is 6.23. The zero-order valence-corrected chi connectivity index (χ0v) is 21.0. The Morgan fingerprint density at radius 3 is 2.73 bits per heavy atom. The predicted octanol–water partition coefficient (Wildman–Crippen LogP) is 4.25. The Hall–Kier alpha value is -2.16. The fourth-order valence-corrected chi connectivity index (χ4v) is 6.33. The first-order chi connectivity index (χ1) is 16.1. The number of thiophene rings is 1. The van der Waals surface area contributed by atoms with Gasteiger partial charge in [-0.1, -0.05) is 38.1 Å². The first-order valence-electron chi connectivity index (χ1n) is 11.8. The maximum Gasteiger partial charge on any atom is 0.259 e. The summed E-state index contributed by atoms with van der Waals surface area (Å²) in [4.78, 5) is 37.3. The standard InChI is InChI=1S/C25H32N4O2S2/c1-3-29(4-2)14-18-10-6-5-9-17(18)13-26-22(30)16-32-15-21-27-24(31)23-19-11-7-8-12-20(19)33-25(23)28-21/h5-6,9-10H,3-4,7-8,11-16H2,1-2H3,(H,26,30)(H,27,28,31). The Morgan fingerprint density at radius 2 is 1.94 bits per heavy atom. The normalized spacial score (nSPS) is 13.4. The highest BCUT2D eigenvalue weighted by molar-refractivity contribution is 7.99. The number of amides is 1. The lowest BCUT2D eigenvalue weighted by Gasteiger charge is -2.20. The van der Waals surface area contributed by atoms with Crippen molar-refractivity contribution in [1.82, 2.24) is 20.2 Å². The number of aromatic nitrogens is 2. The number of aryl methyl sites for hydroxylation is 2. The Bertz CT molecular complexity index is 1170. The van der Waals surface area contributed by atoms with Crippen LogP contribution in [-0.4, -0.2) is 39.6 Å². The largest absolute Gasteiger partial charge is 0.351 e. The summed E-state index contributed by atoms with van der Waals surface area (Å²) >= 11 is 3.13. The van der Waals surface area contributed by atoms with Gasteiger partial charge < -0.3 is 10.3 Å². The molecule has 3 aromatic rings. The molecule has 33 heavy (non-hydrogen) atoms. The number of hydrogen-bond acceptors (Lipinski definition) is 6. The molecule has 4 rings (SSSR count). The molecule has 0 aliphatic heterocycles. The Morgan fingerprint density at radius 1 is 1.18 bits per heavy atom. The van der Waals surface area contributed by atoms with Crippen LogP contribution in [0.4, 0.5) is 0 Å². The molecule has 6 nitrogen and oxygen atoms in total. The lowest BCUT2D eigenvalue weighted by Crippen LogP contribution is -2.27. The van der Waals surface area contributed by atoms with Crippen molar-refractivity contribution < 1.29 is 4.79 Å². The molecule has 2 N–H and O–H groups in total. The highest BCUT2D eigenvalue weighted by atomic mass is 32.2. The fourth-order valence-electron chi connectivity index (χ4n) is 4.33. The van der Waals surface area contributed by atoms with Gasteiger partial charge in [-0.25, -0.2) is 4.98 Å². The van der Waals surface area contributed by atoms with Gasteiger partial charge in [-0.2, -0.15) is 0 Å². The van der Waals surface area contributed by atoms with E-state index >= 15 is 0 Å². The van der Waals surface area contributed by atoms with Gasteiger partial charge in [-0.15, -0.1) is 23.1 Å². The van der Waals surface area contributed by atoms with E-state index in [4.69, 9.17) is 4.98 Å². The summed E-state index contributed by atoms with van der Waals surface area (Å²) < 4.78 is 0. The zero-order valence-electron chi connectivity index (χ0n) is 19.4. The quantitative estimate of drug-likeness (QED) is 0.450. The second-order valence-electron chi connectivity index (χ2n) is 8.40. The second kappa shape index (κ2) is 11.3. The average molecular weight is 485 g/mol. The monoisotopic (exact) mass is 484 g/mol. The summed E-state index contributed by atoms with van der Waals surface area (Å²) in [6, 6.07) is 8.28. The van der Waals surface area contributed by atoms with Crippen LogP contribution >= 0.6 is 23.1 Å². The van der Waals surface area contributed by atoms with Crippen LogP contribution in [0, 0.1) is 0 Å². The van der Waals surface area contributed by atoms with Gasteiger partial charge >= 0.3 is 0 Å². The topological polar surface area (TPSA) is 78.1 Å². The van der Waals surface area contributed by atoms with Crippen molar-refractivity contribution in [2.24, 2.45) is 0 Å². The molecule has 1 aromatic carbocycles. The van der Waals surface area contributed by atoms with Gasteiger partial charge in [0.2, 0.25) is 5.91 Å². The number of carbonyl (C=O) groups excluding carboxylic acids is 1. The third kappa shape index (κ3) is 5.86. The summed E-state index contributed by atoms with van der Waals surface area (Å²) in [7, 11) is 0. The SMILES string of the molecule is CCN(CC)Cc1ccccc1CNC(=O)CSCc1nc2sc3c(c2c(=O)[nH]1)CCCC3. The number of rotatable bonds is 10. The number of fused-ring (bicyclic) bond motifs is 3. The van der Waals surface area contributed by atoms with E-state index in [2.05, 4.69) is 47.2 Å². The number of benzene rings is 1. The van der Waals surface area contributed by atoms with Crippen LogP contribution in [0.15, 0.2) is 29.1 Å². The Balaban J connectivity index is 1.31. The van der Waals surface area contributed by atoms with Gasteiger partial charge in [-0.05, 0) is 55.5 Å². The molecule has 0 radical (unpaired) electrons. The van der Waals surface area contributed by atoms with Crippen molar-refractivity contribution in [2.75, 3.05) is 18.8 Å². The summed E-state index contributed by atoms with van der Waals surface area (Å²) in [5, 5.41) is 3.82. The fraction of sp³-hybridized carbons (Fsp3) is 0.480. The second-order valence-corrected chi connectivity index (χ2v) is 10.5. The summed E-state index contributed by atoms with van der Waals surface area (Å²) in [6.07, 6.45) is 4.37. The molecule has 1 aliphatic carbocycles. The number of nitrogens with one attached hydrogen (secondary N) is 2. The van der Waals surface area contributed by atoms with Gasteiger partial charge in [0.15, 0.2) is 0 Å². The summed E-state index contributed by atoms with van der Waals surface area (Å²) in [6.45, 7) is 7.75. The minimum atomic E-state index is -0.0377. The zero-order chi connectivity index (χ0) is 23.2. The molecule has 1 aliphatic rings. The highest BCUT2D eigenvalue weighted by Gasteiger charge is 2.19. The summed E-state index contributed by atoms with van der Waals surface area (Å²) in [5.41, 5.74) is 3.57. The van der Waals surface area contributed by atoms with Crippen LogP contribution < -0.4 is 10.9 Å². The van der Waals surface area contributed by atoms with Crippen LogP contribution in [0.5, 0.6) is 0 Å². The highest BCUT2D eigenvalue weighted by Crippen LogP contribution is 2.33. The minimum absolute atomic E-state index is 0.00680. The molecule has 8 heteroatoms. The first-order valence-corrected chi connectivity index (χ1v) is 13.7. The van der Waals surface area contributed by atoms with Crippen LogP contribution in [0.1, 0.15) is 54.1 Å². The molecule has 0 bridgehead atoms. The molecule has 2 aromatic heterocycles. The molecule has 0 saturated heterocycles. The molecule has 0 fully saturated rings. The minimum Gasteiger partial charge on any atom is -0.351 e. The van der Waals surface area contributed by atoms with E-state index in [9.17, 15) is 9.59 Å². The number of thioether (sulfide) groups is 1. The van der Waals surface area contributed by atoms with E-state index in [-0.39, 0.29) is 11.5 Å². The van der Waals surface area contributed by atoms with Crippen molar-refractivity contribution in [3.05, 3.63) is 62.0 Å².